The molecule has 3 heterocycles. The van der Waals surface area contributed by atoms with Gasteiger partial charge in [-0.2, -0.15) is 0 Å². The van der Waals surface area contributed by atoms with Gasteiger partial charge in [-0.05, 0) is 26.2 Å². The summed E-state index contributed by atoms with van der Waals surface area (Å²) in [5.41, 5.74) is 1.31. The van der Waals surface area contributed by atoms with Crippen LogP contribution in [0.15, 0.2) is 6.20 Å². The average molecular weight is 319 g/mol. The van der Waals surface area contributed by atoms with Gasteiger partial charge >= 0.3 is 0 Å². The van der Waals surface area contributed by atoms with Crippen LogP contribution in [0.4, 0.5) is 5.82 Å². The molecule has 3 rings (SSSR count). The zero-order valence-electron chi connectivity index (χ0n) is 12.1. The lowest BCUT2D eigenvalue weighted by Crippen LogP contribution is -2.51. The molecule has 6 heteroatoms. The van der Waals surface area contributed by atoms with Gasteiger partial charge in [-0.3, -0.25) is 0 Å². The second kappa shape index (κ2) is 7.43. The second-order valence-corrected chi connectivity index (χ2v) is 5.56. The summed E-state index contributed by atoms with van der Waals surface area (Å²) >= 11 is 0. The van der Waals surface area contributed by atoms with Crippen LogP contribution in [0.1, 0.15) is 37.6 Å². The molecule has 1 aromatic heterocycles. The first-order valence-corrected chi connectivity index (χ1v) is 7.09. The smallest absolute Gasteiger partial charge is 0.135 e. The highest BCUT2D eigenvalue weighted by Crippen LogP contribution is 2.26. The lowest BCUT2D eigenvalue weighted by molar-refractivity contribution is 0.462. The largest absolute Gasteiger partial charge is 0.353 e. The van der Waals surface area contributed by atoms with Gasteiger partial charge in [0.25, 0.3) is 0 Å². The highest BCUT2D eigenvalue weighted by molar-refractivity contribution is 5.85. The SMILES string of the molecule is CCCc1cnc(C)nc1N1C[C@H]2CC[C@@H](C1)N2.Cl.Cl. The minimum absolute atomic E-state index is 0. The topological polar surface area (TPSA) is 41.1 Å². The molecule has 2 aliphatic rings. The van der Waals surface area contributed by atoms with Crippen molar-refractivity contribution in [3.63, 3.8) is 0 Å². The number of aryl methyl sites for hydroxylation is 2. The Morgan fingerprint density at radius 3 is 2.50 bits per heavy atom. The number of fused-ring (bicyclic) bond motifs is 2. The van der Waals surface area contributed by atoms with E-state index in [2.05, 4.69) is 22.1 Å². The first-order chi connectivity index (χ1) is 8.76. The van der Waals surface area contributed by atoms with Gasteiger partial charge in [-0.25, -0.2) is 9.97 Å². The van der Waals surface area contributed by atoms with Crippen LogP contribution in [0.2, 0.25) is 0 Å². The third-order valence-electron chi connectivity index (χ3n) is 4.00. The number of piperazine rings is 1. The molecule has 0 radical (unpaired) electrons. The number of nitrogens with zero attached hydrogens (tertiary/aromatic N) is 3. The third kappa shape index (κ3) is 3.54. The maximum atomic E-state index is 4.70. The fraction of sp³-hybridized carbons (Fsp3) is 0.714. The van der Waals surface area contributed by atoms with Crippen LogP contribution in [0.3, 0.4) is 0 Å². The predicted molar refractivity (Wildman–Crippen MR) is 87.4 cm³/mol. The summed E-state index contributed by atoms with van der Waals surface area (Å²) in [5.74, 6) is 2.07. The first-order valence-electron chi connectivity index (χ1n) is 7.09. The molecule has 20 heavy (non-hydrogen) atoms. The quantitative estimate of drug-likeness (QED) is 0.929. The van der Waals surface area contributed by atoms with E-state index in [0.717, 1.165) is 31.8 Å². The molecule has 2 atom stereocenters. The number of nitrogens with one attached hydrogen (secondary N) is 1. The Morgan fingerprint density at radius 2 is 1.90 bits per heavy atom. The van der Waals surface area contributed by atoms with E-state index >= 15 is 0 Å². The molecule has 0 spiro atoms. The van der Waals surface area contributed by atoms with Gasteiger partial charge in [0.15, 0.2) is 0 Å². The first kappa shape index (κ1) is 17.5. The van der Waals surface area contributed by atoms with Crippen LogP contribution in [0.5, 0.6) is 0 Å². The summed E-state index contributed by atoms with van der Waals surface area (Å²) in [7, 11) is 0. The summed E-state index contributed by atoms with van der Waals surface area (Å²) in [6.07, 6.45) is 6.88. The Morgan fingerprint density at radius 1 is 1.25 bits per heavy atom. The Hall–Kier alpha value is -0.580. The minimum Gasteiger partial charge on any atom is -0.353 e. The number of halogens is 2. The number of hydrogen-bond acceptors (Lipinski definition) is 4. The van der Waals surface area contributed by atoms with Crippen molar-refractivity contribution in [1.29, 1.82) is 0 Å². The maximum Gasteiger partial charge on any atom is 0.135 e. The molecule has 2 fully saturated rings. The molecule has 1 N–H and O–H groups in total. The van der Waals surface area contributed by atoms with Crippen molar-refractivity contribution in [1.82, 2.24) is 15.3 Å². The van der Waals surface area contributed by atoms with Crippen LogP contribution in [0.25, 0.3) is 0 Å². The van der Waals surface area contributed by atoms with Crippen LogP contribution in [0, 0.1) is 6.92 Å². The van der Waals surface area contributed by atoms with Crippen molar-refractivity contribution in [3.8, 4) is 0 Å². The van der Waals surface area contributed by atoms with Gasteiger partial charge in [0.05, 0.1) is 0 Å². The standard InChI is InChI=1S/C14H22N4.2ClH/c1-3-4-11-7-15-10(2)16-14(11)18-8-12-5-6-13(9-18)17-12;;/h7,12-13,17H,3-6,8-9H2,1-2H3;2*1H/t12-,13+;;. The Balaban J connectivity index is 0.000001000. The van der Waals surface area contributed by atoms with Crippen LogP contribution in [-0.4, -0.2) is 35.1 Å². The molecule has 1 aromatic rings. The molecule has 0 saturated carbocycles. The number of hydrogen-bond donors (Lipinski definition) is 1. The van der Waals surface area contributed by atoms with Gasteiger partial charge in [-0.15, -0.1) is 24.8 Å². The summed E-state index contributed by atoms with van der Waals surface area (Å²) in [4.78, 5) is 11.5. The average Bonchev–Trinajstić information content (AvgIpc) is 2.71. The minimum atomic E-state index is 0. The van der Waals surface area contributed by atoms with Gasteiger partial charge in [0.1, 0.15) is 11.6 Å². The van der Waals surface area contributed by atoms with E-state index in [-0.39, 0.29) is 24.8 Å². The molecule has 4 nitrogen and oxygen atoms in total. The molecular weight excluding hydrogens is 295 g/mol. The zero-order chi connectivity index (χ0) is 12.5. The summed E-state index contributed by atoms with van der Waals surface area (Å²) in [6.45, 7) is 6.40. The lowest BCUT2D eigenvalue weighted by Gasteiger charge is -2.34. The van der Waals surface area contributed by atoms with Crippen LogP contribution < -0.4 is 10.2 Å². The van der Waals surface area contributed by atoms with E-state index in [1.807, 2.05) is 13.1 Å². The number of aromatic nitrogens is 2. The lowest BCUT2D eigenvalue weighted by atomic mass is 10.1. The number of anilines is 1. The second-order valence-electron chi connectivity index (χ2n) is 5.56. The summed E-state index contributed by atoms with van der Waals surface area (Å²) < 4.78 is 0. The van der Waals surface area contributed by atoms with E-state index < -0.39 is 0 Å². The van der Waals surface area contributed by atoms with Crippen LogP contribution in [-0.2, 0) is 6.42 Å². The zero-order valence-corrected chi connectivity index (χ0v) is 13.8. The third-order valence-corrected chi connectivity index (χ3v) is 4.00. The fourth-order valence-electron chi connectivity index (χ4n) is 3.17. The van der Waals surface area contributed by atoms with Crippen molar-refractivity contribution in [2.75, 3.05) is 18.0 Å². The normalized spacial score (nSPS) is 24.0. The van der Waals surface area contributed by atoms with E-state index in [1.54, 1.807) is 0 Å². The molecule has 2 aliphatic heterocycles. The molecule has 2 bridgehead atoms. The molecule has 114 valence electrons. The molecule has 0 unspecified atom stereocenters. The highest BCUT2D eigenvalue weighted by atomic mass is 35.5. The van der Waals surface area contributed by atoms with Crippen molar-refractivity contribution in [2.24, 2.45) is 0 Å². The highest BCUT2D eigenvalue weighted by Gasteiger charge is 2.33. The van der Waals surface area contributed by atoms with Crippen molar-refractivity contribution >= 4 is 30.6 Å². The van der Waals surface area contributed by atoms with Crippen LogP contribution >= 0.6 is 24.8 Å². The van der Waals surface area contributed by atoms with Gasteiger partial charge < -0.3 is 10.2 Å². The monoisotopic (exact) mass is 318 g/mol. The Kier molecular flexibility index (Phi) is 6.49. The summed E-state index contributed by atoms with van der Waals surface area (Å²) in [6, 6.07) is 1.32. The summed E-state index contributed by atoms with van der Waals surface area (Å²) in [5, 5.41) is 3.67. The van der Waals surface area contributed by atoms with Gasteiger partial charge in [0.2, 0.25) is 0 Å². The Labute approximate surface area is 133 Å². The van der Waals surface area contributed by atoms with Gasteiger partial charge in [-0.1, -0.05) is 13.3 Å². The van der Waals surface area contributed by atoms with E-state index in [0.29, 0.717) is 12.1 Å². The molecule has 0 amide bonds. The van der Waals surface area contributed by atoms with E-state index in [9.17, 15) is 0 Å². The van der Waals surface area contributed by atoms with E-state index in [4.69, 9.17) is 4.98 Å². The fourth-order valence-corrected chi connectivity index (χ4v) is 3.17. The van der Waals surface area contributed by atoms with Gasteiger partial charge in [0, 0.05) is 36.9 Å². The number of rotatable bonds is 3. The molecular formula is C14H24Cl2N4. The van der Waals surface area contributed by atoms with Crippen molar-refractivity contribution in [3.05, 3.63) is 17.6 Å². The Bertz CT molecular complexity index is 429. The molecule has 2 saturated heterocycles. The molecule has 0 aliphatic carbocycles. The van der Waals surface area contributed by atoms with Crippen molar-refractivity contribution < 1.29 is 0 Å². The predicted octanol–water partition coefficient (Wildman–Crippen LogP) is 2.52. The maximum absolute atomic E-state index is 4.70. The van der Waals surface area contributed by atoms with E-state index in [1.165, 1.54) is 24.2 Å². The molecule has 0 aromatic carbocycles. The van der Waals surface area contributed by atoms with Crippen molar-refractivity contribution in [2.45, 2.75) is 51.6 Å².